The topological polar surface area (TPSA) is 71.9 Å². The van der Waals surface area contributed by atoms with Crippen molar-refractivity contribution in [3.8, 4) is 17.3 Å². The van der Waals surface area contributed by atoms with E-state index in [4.69, 9.17) is 5.26 Å². The van der Waals surface area contributed by atoms with E-state index in [0.29, 0.717) is 8.95 Å². The highest BCUT2D eigenvalue weighted by Gasteiger charge is 2.44. The Morgan fingerprint density at radius 3 is 2.32 bits per heavy atom. The normalized spacial score (nSPS) is 11.3. The number of hydrogen-bond donors (Lipinski definition) is 0. The molecule has 0 atom stereocenters. The van der Waals surface area contributed by atoms with E-state index in [2.05, 4.69) is 31.9 Å². The molecule has 0 bridgehead atoms. The molecular formula is C12H4Br2F3N3O2. The number of nitriles is 1. The van der Waals surface area contributed by atoms with Crippen LogP contribution in [0.1, 0.15) is 5.69 Å². The lowest BCUT2D eigenvalue weighted by Crippen LogP contribution is -2.13. The van der Waals surface area contributed by atoms with Crippen LogP contribution in [0.15, 0.2) is 33.2 Å². The number of aromatic nitrogens is 1. The van der Waals surface area contributed by atoms with E-state index >= 15 is 0 Å². The molecule has 0 radical (unpaired) electrons. The molecule has 1 aromatic heterocycles. The highest BCUT2D eigenvalue weighted by atomic mass is 79.9. The Labute approximate surface area is 138 Å². The van der Waals surface area contributed by atoms with Gasteiger partial charge in [0.25, 0.3) is 6.19 Å². The summed E-state index contributed by atoms with van der Waals surface area (Å²) in [6.45, 7) is 0. The second-order valence-electron chi connectivity index (χ2n) is 4.08. The van der Waals surface area contributed by atoms with Crippen LogP contribution >= 0.6 is 31.9 Å². The fourth-order valence-electron chi connectivity index (χ4n) is 1.90. The van der Waals surface area contributed by atoms with Gasteiger partial charge in [-0.15, -0.1) is 9.83 Å². The molecule has 2 rings (SSSR count). The van der Waals surface area contributed by atoms with Crippen molar-refractivity contribution < 1.29 is 18.1 Å². The molecule has 0 saturated carbocycles. The lowest BCUT2D eigenvalue weighted by atomic mass is 10.1. The Balaban J connectivity index is 2.83. The zero-order valence-electron chi connectivity index (χ0n) is 10.4. The predicted molar refractivity (Wildman–Crippen MR) is 77.9 cm³/mol. The van der Waals surface area contributed by atoms with Gasteiger partial charge in [-0.25, -0.2) is 0 Å². The number of halogens is 5. The van der Waals surface area contributed by atoms with E-state index in [-0.39, 0.29) is 10.1 Å². The fourth-order valence-corrected chi connectivity index (χ4v) is 2.52. The molecule has 0 fully saturated rings. The Hall–Kier alpha value is -1.86. The average molecular weight is 439 g/mol. The molecule has 1 heterocycles. The third-order valence-corrected chi connectivity index (χ3v) is 4.65. The molecule has 0 aliphatic rings. The number of rotatable bonds is 2. The smallest absolute Gasteiger partial charge is 0.358 e. The first-order chi connectivity index (χ1) is 10.2. The molecule has 10 heteroatoms. The molecular weight excluding hydrogens is 435 g/mol. The molecule has 0 aliphatic heterocycles. The van der Waals surface area contributed by atoms with Crippen LogP contribution in [0.5, 0.6) is 0 Å². The van der Waals surface area contributed by atoms with E-state index < -0.39 is 28.2 Å². The molecule has 22 heavy (non-hydrogen) atoms. The summed E-state index contributed by atoms with van der Waals surface area (Å²) in [4.78, 5) is 9.84. The van der Waals surface area contributed by atoms with Gasteiger partial charge in [0.15, 0.2) is 0 Å². The maximum atomic E-state index is 13.2. The Morgan fingerprint density at radius 1 is 1.23 bits per heavy atom. The molecule has 114 valence electrons. The molecule has 0 spiro atoms. The van der Waals surface area contributed by atoms with Crippen molar-refractivity contribution in [1.29, 1.82) is 5.26 Å². The predicted octanol–water partition coefficient (Wildman–Crippen LogP) is 4.94. The second kappa shape index (κ2) is 5.73. The van der Waals surface area contributed by atoms with E-state index in [1.807, 2.05) is 0 Å². The van der Waals surface area contributed by atoms with Gasteiger partial charge in [-0.05, 0) is 54.5 Å². The number of benzene rings is 1. The number of nitrogens with zero attached hydrogens (tertiary/aromatic N) is 3. The first-order valence-corrected chi connectivity index (χ1v) is 7.08. The largest absolute Gasteiger partial charge is 0.455 e. The third-order valence-electron chi connectivity index (χ3n) is 2.77. The summed E-state index contributed by atoms with van der Waals surface area (Å²) in [6.07, 6.45) is -3.72. The summed E-state index contributed by atoms with van der Waals surface area (Å²) >= 11 is 6.34. The summed E-state index contributed by atoms with van der Waals surface area (Å²) in [5.41, 5.74) is -1.72. The molecule has 0 aliphatic carbocycles. The van der Waals surface area contributed by atoms with Gasteiger partial charge in [0.05, 0.1) is 0 Å². The van der Waals surface area contributed by atoms with Crippen LogP contribution < -0.4 is 0 Å². The summed E-state index contributed by atoms with van der Waals surface area (Å²) in [5.74, 6) is -0.941. The fraction of sp³-hybridized carbons (Fsp3) is 0.0833. The Morgan fingerprint density at radius 2 is 1.86 bits per heavy atom. The van der Waals surface area contributed by atoms with Crippen molar-refractivity contribution in [1.82, 2.24) is 4.57 Å². The summed E-state index contributed by atoms with van der Waals surface area (Å²) in [5, 5.41) is 19.7. The van der Waals surface area contributed by atoms with Crippen LogP contribution in [0, 0.1) is 21.6 Å². The minimum Gasteiger partial charge on any atom is -0.358 e. The van der Waals surface area contributed by atoms with E-state index in [0.717, 1.165) is 6.07 Å². The van der Waals surface area contributed by atoms with Crippen molar-refractivity contribution in [3.05, 3.63) is 49.0 Å². The molecule has 5 nitrogen and oxygen atoms in total. The lowest BCUT2D eigenvalue weighted by Gasteiger charge is -2.07. The Kier molecular flexibility index (Phi) is 4.30. The molecule has 0 N–H and O–H groups in total. The van der Waals surface area contributed by atoms with Crippen LogP contribution in [-0.4, -0.2) is 9.49 Å². The van der Waals surface area contributed by atoms with Gasteiger partial charge < -0.3 is 10.1 Å². The third kappa shape index (κ3) is 2.86. The summed E-state index contributed by atoms with van der Waals surface area (Å²) in [7, 11) is 0. The minimum atomic E-state index is -4.92. The number of hydrogen-bond acceptors (Lipinski definition) is 3. The van der Waals surface area contributed by atoms with Crippen molar-refractivity contribution in [2.24, 2.45) is 0 Å². The maximum Gasteiger partial charge on any atom is 0.455 e. The SMILES string of the molecule is N#Cn1c([N+](=O)[O-])cc(-c2ccc(Br)c(Br)c2)c1C(F)(F)F. The first-order valence-electron chi connectivity index (χ1n) is 5.49. The minimum absolute atomic E-state index is 0.0225. The highest BCUT2D eigenvalue weighted by molar-refractivity contribution is 9.13. The maximum absolute atomic E-state index is 13.2. The first kappa shape index (κ1) is 16.5. The van der Waals surface area contributed by atoms with Crippen molar-refractivity contribution in [2.45, 2.75) is 6.18 Å². The molecule has 0 unspecified atom stereocenters. The number of nitro groups is 1. The lowest BCUT2D eigenvalue weighted by molar-refractivity contribution is -0.391. The van der Waals surface area contributed by atoms with Gasteiger partial charge >= 0.3 is 12.0 Å². The van der Waals surface area contributed by atoms with Crippen LogP contribution in [-0.2, 0) is 6.18 Å². The Bertz CT molecular complexity index is 809. The van der Waals surface area contributed by atoms with Gasteiger partial charge in [-0.1, -0.05) is 6.07 Å². The van der Waals surface area contributed by atoms with Crippen molar-refractivity contribution in [2.75, 3.05) is 0 Å². The standard InChI is InChI=1S/C12H4Br2F3N3O2/c13-8-2-1-6(3-9(8)14)7-4-10(20(21)22)19(5-18)11(7)12(15,16)17/h1-4H. The summed E-state index contributed by atoms with van der Waals surface area (Å²) in [6, 6.07) is 4.97. The van der Waals surface area contributed by atoms with Crippen LogP contribution in [0.3, 0.4) is 0 Å². The zero-order valence-corrected chi connectivity index (χ0v) is 13.5. The van der Waals surface area contributed by atoms with Crippen LogP contribution in [0.2, 0.25) is 0 Å². The van der Waals surface area contributed by atoms with Gasteiger partial charge in [0, 0.05) is 20.6 Å². The molecule has 2 aromatic rings. The van der Waals surface area contributed by atoms with Crippen molar-refractivity contribution in [3.63, 3.8) is 0 Å². The van der Waals surface area contributed by atoms with Gasteiger partial charge in [-0.2, -0.15) is 13.2 Å². The number of alkyl halides is 3. The van der Waals surface area contributed by atoms with Crippen LogP contribution in [0.4, 0.5) is 19.0 Å². The van der Waals surface area contributed by atoms with Gasteiger partial charge in [0.2, 0.25) is 5.69 Å². The highest BCUT2D eigenvalue weighted by Crippen LogP contribution is 2.42. The quantitative estimate of drug-likeness (QED) is 0.492. The van der Waals surface area contributed by atoms with E-state index in [9.17, 15) is 23.3 Å². The molecule has 0 saturated heterocycles. The van der Waals surface area contributed by atoms with Gasteiger partial charge in [-0.3, -0.25) is 0 Å². The monoisotopic (exact) mass is 437 g/mol. The molecule has 1 aromatic carbocycles. The molecule has 0 amide bonds. The average Bonchev–Trinajstić information content (AvgIpc) is 2.81. The van der Waals surface area contributed by atoms with Gasteiger partial charge in [0.1, 0.15) is 0 Å². The van der Waals surface area contributed by atoms with Crippen molar-refractivity contribution >= 4 is 37.7 Å². The van der Waals surface area contributed by atoms with E-state index in [1.54, 1.807) is 0 Å². The van der Waals surface area contributed by atoms with E-state index in [1.165, 1.54) is 24.4 Å². The second-order valence-corrected chi connectivity index (χ2v) is 5.79. The zero-order chi connectivity index (χ0) is 16.7. The van der Waals surface area contributed by atoms with Crippen LogP contribution in [0.25, 0.3) is 11.1 Å². The summed E-state index contributed by atoms with van der Waals surface area (Å²) < 4.78 is 40.7.